The molecule has 0 aromatic carbocycles. The second kappa shape index (κ2) is 5.99. The van der Waals surface area contributed by atoms with Gasteiger partial charge in [-0.05, 0) is 39.7 Å². The SMILES string of the molecule is CC(C)N(CCC1CCCC1=O)CC(N)=O. The van der Waals surface area contributed by atoms with E-state index < -0.39 is 0 Å². The molecule has 0 aromatic heterocycles. The lowest BCUT2D eigenvalue weighted by molar-refractivity contribution is -0.121. The number of carbonyl (C=O) groups is 2. The molecule has 92 valence electrons. The Morgan fingerprint density at radius 2 is 2.25 bits per heavy atom. The third-order valence-electron chi connectivity index (χ3n) is 3.29. The van der Waals surface area contributed by atoms with E-state index in [4.69, 9.17) is 5.73 Å². The summed E-state index contributed by atoms with van der Waals surface area (Å²) >= 11 is 0. The van der Waals surface area contributed by atoms with Crippen molar-refractivity contribution in [2.75, 3.05) is 13.1 Å². The Bertz CT molecular complexity index is 264. The summed E-state index contributed by atoms with van der Waals surface area (Å²) < 4.78 is 0. The highest BCUT2D eigenvalue weighted by Crippen LogP contribution is 2.24. The number of nitrogens with two attached hydrogens (primary N) is 1. The van der Waals surface area contributed by atoms with Crippen molar-refractivity contribution in [3.05, 3.63) is 0 Å². The average Bonchev–Trinajstić information content (AvgIpc) is 2.57. The van der Waals surface area contributed by atoms with Crippen molar-refractivity contribution in [2.45, 2.75) is 45.6 Å². The summed E-state index contributed by atoms with van der Waals surface area (Å²) in [5.41, 5.74) is 5.19. The van der Waals surface area contributed by atoms with Crippen LogP contribution in [0.4, 0.5) is 0 Å². The molecule has 0 bridgehead atoms. The molecular weight excluding hydrogens is 204 g/mol. The third kappa shape index (κ3) is 3.93. The first-order valence-corrected chi connectivity index (χ1v) is 6.05. The number of carbonyl (C=O) groups excluding carboxylic acids is 2. The fourth-order valence-corrected chi connectivity index (χ4v) is 2.23. The number of amides is 1. The molecule has 1 amide bonds. The van der Waals surface area contributed by atoms with Crippen LogP contribution in [0.25, 0.3) is 0 Å². The topological polar surface area (TPSA) is 63.4 Å². The van der Waals surface area contributed by atoms with Crippen LogP contribution >= 0.6 is 0 Å². The van der Waals surface area contributed by atoms with Crippen LogP contribution in [0.2, 0.25) is 0 Å². The molecule has 1 aliphatic carbocycles. The lowest BCUT2D eigenvalue weighted by Gasteiger charge is -2.25. The molecule has 1 rings (SSSR count). The maximum atomic E-state index is 11.5. The highest BCUT2D eigenvalue weighted by Gasteiger charge is 2.25. The molecular formula is C12H22N2O2. The van der Waals surface area contributed by atoms with Crippen molar-refractivity contribution in [1.82, 2.24) is 4.90 Å². The Labute approximate surface area is 97.2 Å². The van der Waals surface area contributed by atoms with Crippen LogP contribution in [0, 0.1) is 5.92 Å². The van der Waals surface area contributed by atoms with Crippen LogP contribution in [0.15, 0.2) is 0 Å². The summed E-state index contributed by atoms with van der Waals surface area (Å²) in [6.07, 6.45) is 3.65. The van der Waals surface area contributed by atoms with Gasteiger partial charge in [0.05, 0.1) is 6.54 Å². The van der Waals surface area contributed by atoms with Crippen LogP contribution in [-0.2, 0) is 9.59 Å². The monoisotopic (exact) mass is 226 g/mol. The zero-order valence-electron chi connectivity index (χ0n) is 10.2. The number of primary amides is 1. The zero-order valence-corrected chi connectivity index (χ0v) is 10.2. The van der Waals surface area contributed by atoms with E-state index in [1.54, 1.807) is 0 Å². The second-order valence-electron chi connectivity index (χ2n) is 4.87. The number of nitrogens with zero attached hydrogens (tertiary/aromatic N) is 1. The molecule has 4 nitrogen and oxygen atoms in total. The van der Waals surface area contributed by atoms with E-state index in [9.17, 15) is 9.59 Å². The van der Waals surface area contributed by atoms with Crippen molar-refractivity contribution in [3.8, 4) is 0 Å². The molecule has 1 saturated carbocycles. The minimum atomic E-state index is -0.300. The fourth-order valence-electron chi connectivity index (χ4n) is 2.23. The van der Waals surface area contributed by atoms with Crippen molar-refractivity contribution >= 4 is 11.7 Å². The van der Waals surface area contributed by atoms with Gasteiger partial charge in [-0.3, -0.25) is 14.5 Å². The minimum absolute atomic E-state index is 0.217. The largest absolute Gasteiger partial charge is 0.369 e. The molecule has 1 fully saturated rings. The predicted molar refractivity (Wildman–Crippen MR) is 62.9 cm³/mol. The molecule has 0 spiro atoms. The molecule has 1 aliphatic rings. The van der Waals surface area contributed by atoms with Gasteiger partial charge in [0.25, 0.3) is 0 Å². The normalized spacial score (nSPS) is 21.0. The molecule has 16 heavy (non-hydrogen) atoms. The van der Waals surface area contributed by atoms with Crippen molar-refractivity contribution in [2.24, 2.45) is 11.7 Å². The van der Waals surface area contributed by atoms with Crippen molar-refractivity contribution in [1.29, 1.82) is 0 Å². The molecule has 0 saturated heterocycles. The van der Waals surface area contributed by atoms with Crippen LogP contribution in [0.5, 0.6) is 0 Å². The minimum Gasteiger partial charge on any atom is -0.369 e. The molecule has 1 atom stereocenters. The zero-order chi connectivity index (χ0) is 12.1. The van der Waals surface area contributed by atoms with Crippen LogP contribution in [0.3, 0.4) is 0 Å². The van der Waals surface area contributed by atoms with Gasteiger partial charge in [-0.2, -0.15) is 0 Å². The lowest BCUT2D eigenvalue weighted by Crippen LogP contribution is -2.39. The Morgan fingerprint density at radius 3 is 2.69 bits per heavy atom. The third-order valence-corrected chi connectivity index (χ3v) is 3.29. The maximum Gasteiger partial charge on any atom is 0.231 e. The number of Topliss-reactive ketones (excluding diaryl/α,β-unsaturated/α-hetero) is 1. The number of ketones is 1. The molecule has 2 N–H and O–H groups in total. The number of hydrogen-bond acceptors (Lipinski definition) is 3. The van der Waals surface area contributed by atoms with Gasteiger partial charge < -0.3 is 5.73 Å². The standard InChI is InChI=1S/C12H22N2O2/c1-9(2)14(8-12(13)16)7-6-10-4-3-5-11(10)15/h9-10H,3-8H2,1-2H3,(H2,13,16). The number of hydrogen-bond donors (Lipinski definition) is 1. The molecule has 0 heterocycles. The van der Waals surface area contributed by atoms with Crippen molar-refractivity contribution in [3.63, 3.8) is 0 Å². The summed E-state index contributed by atoms with van der Waals surface area (Å²) in [5, 5.41) is 0. The first-order valence-electron chi connectivity index (χ1n) is 6.05. The van der Waals surface area contributed by atoms with Crippen molar-refractivity contribution < 1.29 is 9.59 Å². The lowest BCUT2D eigenvalue weighted by atomic mass is 10.0. The van der Waals surface area contributed by atoms with Gasteiger partial charge in [0.15, 0.2) is 0 Å². The average molecular weight is 226 g/mol. The highest BCUT2D eigenvalue weighted by molar-refractivity contribution is 5.82. The molecule has 4 heteroatoms. The van der Waals surface area contributed by atoms with Crippen LogP contribution < -0.4 is 5.73 Å². The van der Waals surface area contributed by atoms with E-state index in [1.807, 2.05) is 18.7 Å². The maximum absolute atomic E-state index is 11.5. The van der Waals surface area contributed by atoms with Gasteiger partial charge in [-0.1, -0.05) is 0 Å². The first kappa shape index (κ1) is 13.2. The highest BCUT2D eigenvalue weighted by atomic mass is 16.1. The quantitative estimate of drug-likeness (QED) is 0.733. The van der Waals surface area contributed by atoms with Gasteiger partial charge in [0.2, 0.25) is 5.91 Å². The second-order valence-corrected chi connectivity index (χ2v) is 4.87. The van der Waals surface area contributed by atoms with E-state index in [1.165, 1.54) is 0 Å². The summed E-state index contributed by atoms with van der Waals surface area (Å²) in [5.74, 6) is 0.309. The van der Waals surface area contributed by atoms with Crippen LogP contribution in [0.1, 0.15) is 39.5 Å². The Balaban J connectivity index is 2.37. The van der Waals surface area contributed by atoms with E-state index >= 15 is 0 Å². The van der Waals surface area contributed by atoms with Gasteiger partial charge >= 0.3 is 0 Å². The Morgan fingerprint density at radius 1 is 1.56 bits per heavy atom. The summed E-state index contributed by atoms with van der Waals surface area (Å²) in [6, 6.07) is 0.295. The van der Waals surface area contributed by atoms with Crippen LogP contribution in [-0.4, -0.2) is 35.7 Å². The molecule has 0 radical (unpaired) electrons. The summed E-state index contributed by atoms with van der Waals surface area (Å²) in [6.45, 7) is 5.16. The number of rotatable bonds is 6. The summed E-state index contributed by atoms with van der Waals surface area (Å²) in [4.78, 5) is 24.4. The predicted octanol–water partition coefficient (Wildman–Crippen LogP) is 0.941. The smallest absolute Gasteiger partial charge is 0.231 e. The Hall–Kier alpha value is -0.900. The molecule has 0 aromatic rings. The van der Waals surface area contributed by atoms with Gasteiger partial charge in [-0.15, -0.1) is 0 Å². The first-order chi connectivity index (χ1) is 7.50. The molecule has 1 unspecified atom stereocenters. The fraction of sp³-hybridized carbons (Fsp3) is 0.833. The Kier molecular flexibility index (Phi) is 4.93. The summed E-state index contributed by atoms with van der Waals surface area (Å²) in [7, 11) is 0. The van der Waals surface area contributed by atoms with Gasteiger partial charge in [-0.25, -0.2) is 0 Å². The molecule has 0 aliphatic heterocycles. The van der Waals surface area contributed by atoms with E-state index in [0.717, 1.165) is 32.2 Å². The van der Waals surface area contributed by atoms with Gasteiger partial charge in [0, 0.05) is 18.4 Å². The van der Waals surface area contributed by atoms with E-state index in [2.05, 4.69) is 0 Å². The van der Waals surface area contributed by atoms with Gasteiger partial charge in [0.1, 0.15) is 5.78 Å². The van der Waals surface area contributed by atoms with E-state index in [-0.39, 0.29) is 11.8 Å². The van der Waals surface area contributed by atoms with E-state index in [0.29, 0.717) is 18.4 Å².